The number of fused-ring (bicyclic) bond motifs is 6. The van der Waals surface area contributed by atoms with Crippen molar-refractivity contribution >= 4 is 29.2 Å². The third kappa shape index (κ3) is 7.19. The Morgan fingerprint density at radius 1 is 0.381 bits per heavy atom. The summed E-state index contributed by atoms with van der Waals surface area (Å²) in [5, 5.41) is 0. The molecule has 0 spiro atoms. The molecule has 2 aliphatic rings. The van der Waals surface area contributed by atoms with Crippen molar-refractivity contribution in [2.45, 2.75) is 117 Å². The summed E-state index contributed by atoms with van der Waals surface area (Å²) in [6.07, 6.45) is 8.89. The summed E-state index contributed by atoms with van der Waals surface area (Å²) < 4.78 is 0. The quantitative estimate of drug-likeness (QED) is 0.124. The van der Waals surface area contributed by atoms with Crippen molar-refractivity contribution in [2.24, 2.45) is 0 Å². The Morgan fingerprint density at radius 2 is 0.778 bits per heavy atom. The van der Waals surface area contributed by atoms with E-state index in [1.54, 1.807) is 0 Å². The zero-order valence-electron chi connectivity index (χ0n) is 39.4. The van der Waals surface area contributed by atoms with E-state index in [2.05, 4.69) is 238 Å². The molecule has 0 aliphatic heterocycles. The second-order valence-electron chi connectivity index (χ2n) is 20.3. The maximum atomic E-state index is 2.53. The fourth-order valence-corrected chi connectivity index (χ4v) is 11.0. The van der Waals surface area contributed by atoms with E-state index >= 15 is 0 Å². The van der Waals surface area contributed by atoms with Crippen LogP contribution in [0.4, 0.5) is 17.1 Å². The molecular weight excluding hydrogens is 759 g/mol. The van der Waals surface area contributed by atoms with Gasteiger partial charge < -0.3 is 4.90 Å². The van der Waals surface area contributed by atoms with Gasteiger partial charge in [0.15, 0.2) is 0 Å². The summed E-state index contributed by atoms with van der Waals surface area (Å²) in [5.74, 6) is 0. The summed E-state index contributed by atoms with van der Waals surface area (Å²) in [7, 11) is 0. The van der Waals surface area contributed by atoms with E-state index in [1.165, 1.54) is 83.6 Å². The van der Waals surface area contributed by atoms with Gasteiger partial charge in [0.1, 0.15) is 0 Å². The van der Waals surface area contributed by atoms with Crippen molar-refractivity contribution in [1.82, 2.24) is 0 Å². The Morgan fingerprint density at radius 3 is 1.21 bits per heavy atom. The lowest BCUT2D eigenvalue weighted by Gasteiger charge is -2.32. The molecular formula is C62H65N. The van der Waals surface area contributed by atoms with Crippen molar-refractivity contribution in [3.05, 3.63) is 196 Å². The average Bonchev–Trinajstić information content (AvgIpc) is 3.73. The normalized spacial score (nSPS) is 14.6. The number of rotatable bonds is 10. The van der Waals surface area contributed by atoms with E-state index in [0.29, 0.717) is 0 Å². The Labute approximate surface area is 378 Å². The molecule has 0 atom stereocenters. The highest BCUT2D eigenvalue weighted by atomic mass is 15.1. The predicted octanol–water partition coefficient (Wildman–Crippen LogP) is 17.8. The van der Waals surface area contributed by atoms with Gasteiger partial charge in [-0.3, -0.25) is 0 Å². The lowest BCUT2D eigenvalue weighted by Crippen LogP contribution is -2.23. The topological polar surface area (TPSA) is 3.24 Å². The lowest BCUT2D eigenvalue weighted by molar-refractivity contribution is 0.490. The molecule has 0 bridgehead atoms. The number of nitrogens with zero attached hydrogens (tertiary/aromatic N) is 1. The van der Waals surface area contributed by atoms with Crippen LogP contribution in [0.1, 0.15) is 139 Å². The van der Waals surface area contributed by atoms with Gasteiger partial charge in [-0.2, -0.15) is 0 Å². The molecule has 0 heterocycles. The number of hydrogen-bond donors (Lipinski definition) is 0. The van der Waals surface area contributed by atoms with Crippen LogP contribution in [0.25, 0.3) is 45.5 Å². The molecule has 1 nitrogen and oxygen atoms in total. The molecule has 0 amide bonds. The number of hydrogen-bond acceptors (Lipinski definition) is 1. The molecule has 7 aromatic carbocycles. The van der Waals surface area contributed by atoms with Gasteiger partial charge in [-0.25, -0.2) is 0 Å². The van der Waals surface area contributed by atoms with Gasteiger partial charge in [0, 0.05) is 27.9 Å². The monoisotopic (exact) mass is 824 g/mol. The first-order chi connectivity index (χ1) is 30.2. The summed E-state index contributed by atoms with van der Waals surface area (Å²) in [6, 6.07) is 57.7. The Balaban J connectivity index is 1.05. The van der Waals surface area contributed by atoms with Crippen molar-refractivity contribution < 1.29 is 0 Å². The van der Waals surface area contributed by atoms with Crippen LogP contribution in [-0.2, 0) is 21.7 Å². The molecule has 9 rings (SSSR count). The second kappa shape index (κ2) is 16.0. The van der Waals surface area contributed by atoms with E-state index < -0.39 is 0 Å². The Hall–Kier alpha value is -5.92. The zero-order valence-corrected chi connectivity index (χ0v) is 39.4. The van der Waals surface area contributed by atoms with Crippen LogP contribution in [-0.4, -0.2) is 0 Å². The molecule has 7 aromatic rings. The molecule has 0 fully saturated rings. The summed E-state index contributed by atoms with van der Waals surface area (Å²) in [6.45, 7) is 23.5. The van der Waals surface area contributed by atoms with Crippen LogP contribution >= 0.6 is 0 Å². The summed E-state index contributed by atoms with van der Waals surface area (Å²) in [4.78, 5) is 2.39. The van der Waals surface area contributed by atoms with E-state index in [0.717, 1.165) is 37.1 Å². The Kier molecular flexibility index (Phi) is 10.8. The molecule has 0 saturated heterocycles. The first-order valence-corrected chi connectivity index (χ1v) is 23.6. The van der Waals surface area contributed by atoms with Gasteiger partial charge in [0.05, 0.1) is 0 Å². The minimum atomic E-state index is -0.0635. The third-order valence-corrected chi connectivity index (χ3v) is 14.9. The molecule has 0 radical (unpaired) electrons. The maximum Gasteiger partial charge on any atom is 0.0465 e. The maximum absolute atomic E-state index is 2.53. The fourth-order valence-electron chi connectivity index (χ4n) is 11.0. The number of anilines is 3. The van der Waals surface area contributed by atoms with Crippen molar-refractivity contribution in [2.75, 3.05) is 4.90 Å². The molecule has 63 heavy (non-hydrogen) atoms. The highest BCUT2D eigenvalue weighted by Gasteiger charge is 2.42. The average molecular weight is 824 g/mol. The third-order valence-electron chi connectivity index (χ3n) is 14.9. The van der Waals surface area contributed by atoms with Gasteiger partial charge in [-0.05, 0) is 157 Å². The van der Waals surface area contributed by atoms with E-state index in [-0.39, 0.29) is 21.7 Å². The Bertz CT molecular complexity index is 2760. The van der Waals surface area contributed by atoms with Crippen molar-refractivity contribution in [3.8, 4) is 33.4 Å². The minimum absolute atomic E-state index is 0.0321. The molecule has 0 aromatic heterocycles. The van der Waals surface area contributed by atoms with Crippen LogP contribution in [0.15, 0.2) is 152 Å². The fraction of sp³-hybridized carbons (Fsp3) is 0.290. The molecule has 1 heteroatoms. The SMILES string of the molecule is CCC1(CC)c2cc(/C=C/c3ccc4c(c3)C(CC)(CC)c3cc(N(c5ccccc5)c5ccccc5)ccc3-4)ccc2-c2ccc(-c3cc(C(C)(C)C)cc(C(C)(C)C)c3)cc21. The highest BCUT2D eigenvalue weighted by Crippen LogP contribution is 2.56. The standard InChI is InChI=1S/C62H65N/c1-11-61(12-2)55-35-42(27-31-51(55)53-33-29-44(39-57(53)61)45-37-46(59(5,6)7)40-47(38-45)60(8,9)10)25-26-43-28-32-52-54-34-30-50(41-58(54)62(13-3,14-4)56(52)36-43)63(48-21-17-15-18-22-48)49-23-19-16-20-24-49/h15-41H,11-14H2,1-10H3/b26-25+. The van der Waals surface area contributed by atoms with Crippen LogP contribution < -0.4 is 4.90 Å². The molecule has 318 valence electrons. The lowest BCUT2D eigenvalue weighted by atomic mass is 9.73. The van der Waals surface area contributed by atoms with E-state index in [9.17, 15) is 0 Å². The van der Waals surface area contributed by atoms with Crippen molar-refractivity contribution in [3.63, 3.8) is 0 Å². The predicted molar refractivity (Wildman–Crippen MR) is 273 cm³/mol. The molecule has 2 aliphatic carbocycles. The molecule has 0 saturated carbocycles. The highest BCUT2D eigenvalue weighted by molar-refractivity contribution is 5.88. The minimum Gasteiger partial charge on any atom is -0.310 e. The largest absolute Gasteiger partial charge is 0.310 e. The molecule has 0 unspecified atom stereocenters. The molecule has 0 N–H and O–H groups in total. The van der Waals surface area contributed by atoms with Gasteiger partial charge in [-0.1, -0.05) is 191 Å². The van der Waals surface area contributed by atoms with Crippen LogP contribution in [0.5, 0.6) is 0 Å². The smallest absolute Gasteiger partial charge is 0.0465 e. The van der Waals surface area contributed by atoms with Crippen LogP contribution in [0.2, 0.25) is 0 Å². The summed E-state index contributed by atoms with van der Waals surface area (Å²) in [5.41, 5.74) is 22.9. The van der Waals surface area contributed by atoms with Crippen LogP contribution in [0, 0.1) is 0 Å². The van der Waals surface area contributed by atoms with Gasteiger partial charge in [-0.15, -0.1) is 0 Å². The van der Waals surface area contributed by atoms with E-state index in [4.69, 9.17) is 0 Å². The second-order valence-corrected chi connectivity index (χ2v) is 20.3. The van der Waals surface area contributed by atoms with Gasteiger partial charge >= 0.3 is 0 Å². The van der Waals surface area contributed by atoms with E-state index in [1.807, 2.05) is 0 Å². The first kappa shape index (κ1) is 42.4. The number of benzene rings is 7. The number of para-hydroxylation sites is 2. The van der Waals surface area contributed by atoms with Gasteiger partial charge in [0.2, 0.25) is 0 Å². The zero-order chi connectivity index (χ0) is 44.3. The first-order valence-electron chi connectivity index (χ1n) is 23.6. The van der Waals surface area contributed by atoms with Gasteiger partial charge in [0.25, 0.3) is 0 Å². The van der Waals surface area contributed by atoms with Crippen molar-refractivity contribution in [1.29, 1.82) is 0 Å². The summed E-state index contributed by atoms with van der Waals surface area (Å²) >= 11 is 0. The van der Waals surface area contributed by atoms with Crippen LogP contribution in [0.3, 0.4) is 0 Å².